The molecule has 0 aliphatic carbocycles. The van der Waals surface area contributed by atoms with Crippen molar-refractivity contribution in [2.75, 3.05) is 11.9 Å². The minimum atomic E-state index is -1.26. The maximum absolute atomic E-state index is 13.2. The van der Waals surface area contributed by atoms with E-state index in [1.54, 1.807) is 24.3 Å². The number of halogens is 1. The van der Waals surface area contributed by atoms with Gasteiger partial charge in [0, 0.05) is 12.2 Å². The average molecular weight is 225 g/mol. The molecule has 0 atom stereocenters. The summed E-state index contributed by atoms with van der Waals surface area (Å²) in [6.45, 7) is 3.23. The molecule has 0 heterocycles. The number of nitrogens with one attached hydrogen (secondary N) is 1. The lowest BCUT2D eigenvalue weighted by atomic mass is 10.1. The average Bonchev–Trinajstić information content (AvgIpc) is 2.14. The van der Waals surface area contributed by atoms with Gasteiger partial charge in [-0.05, 0) is 31.5 Å². The molecule has 0 fully saturated rings. The normalized spacial score (nSPS) is 11.2. The zero-order valence-electron chi connectivity index (χ0n) is 9.46. The minimum Gasteiger partial charge on any atom is -0.481 e. The van der Waals surface area contributed by atoms with Crippen LogP contribution in [0.5, 0.6) is 0 Å². The highest BCUT2D eigenvalue weighted by Gasteiger charge is 2.14. The Balaban J connectivity index is 2.55. The second-order valence-corrected chi connectivity index (χ2v) is 4.34. The molecule has 0 bridgehead atoms. The molecule has 88 valence electrons. The molecule has 1 aromatic rings. The van der Waals surface area contributed by atoms with Crippen molar-refractivity contribution in [3.63, 3.8) is 0 Å². The Morgan fingerprint density at radius 1 is 1.38 bits per heavy atom. The zero-order valence-corrected chi connectivity index (χ0v) is 9.46. The van der Waals surface area contributed by atoms with Crippen molar-refractivity contribution in [3.05, 3.63) is 29.8 Å². The van der Waals surface area contributed by atoms with Crippen molar-refractivity contribution in [3.8, 4) is 0 Å². The summed E-state index contributed by atoms with van der Waals surface area (Å²) in [7, 11) is 0. The van der Waals surface area contributed by atoms with E-state index in [2.05, 4.69) is 5.32 Å². The first kappa shape index (κ1) is 12.5. The number of rotatable bonds is 5. The van der Waals surface area contributed by atoms with Gasteiger partial charge >= 0.3 is 5.97 Å². The first-order valence-corrected chi connectivity index (χ1v) is 5.10. The highest BCUT2D eigenvalue weighted by molar-refractivity contribution is 5.70. The van der Waals surface area contributed by atoms with Gasteiger partial charge in [0.1, 0.15) is 5.67 Å². The molecular weight excluding hydrogens is 209 g/mol. The Labute approximate surface area is 94.3 Å². The Bertz CT molecular complexity index is 354. The molecule has 0 saturated carbocycles. The number of benzene rings is 1. The number of hydrogen-bond acceptors (Lipinski definition) is 2. The third kappa shape index (κ3) is 4.77. The summed E-state index contributed by atoms with van der Waals surface area (Å²) >= 11 is 0. The molecule has 0 aliphatic heterocycles. The fourth-order valence-corrected chi connectivity index (χ4v) is 1.23. The second-order valence-electron chi connectivity index (χ2n) is 4.34. The van der Waals surface area contributed by atoms with E-state index in [1.165, 1.54) is 13.8 Å². The summed E-state index contributed by atoms with van der Waals surface area (Å²) in [5.74, 6) is -0.856. The van der Waals surface area contributed by atoms with E-state index in [4.69, 9.17) is 5.11 Å². The maximum Gasteiger partial charge on any atom is 0.307 e. The van der Waals surface area contributed by atoms with Crippen molar-refractivity contribution < 1.29 is 14.3 Å². The summed E-state index contributed by atoms with van der Waals surface area (Å²) in [6.07, 6.45) is 0.00881. The Kier molecular flexibility index (Phi) is 3.88. The van der Waals surface area contributed by atoms with Crippen LogP contribution >= 0.6 is 0 Å². The molecular formula is C12H16FNO2. The van der Waals surface area contributed by atoms with E-state index in [9.17, 15) is 9.18 Å². The monoisotopic (exact) mass is 225 g/mol. The third-order valence-corrected chi connectivity index (χ3v) is 2.02. The Morgan fingerprint density at radius 2 is 1.94 bits per heavy atom. The van der Waals surface area contributed by atoms with Crippen LogP contribution in [0.4, 0.5) is 10.1 Å². The topological polar surface area (TPSA) is 49.3 Å². The van der Waals surface area contributed by atoms with Gasteiger partial charge in [-0.3, -0.25) is 4.79 Å². The quantitative estimate of drug-likeness (QED) is 0.809. The lowest BCUT2D eigenvalue weighted by molar-refractivity contribution is -0.136. The lowest BCUT2D eigenvalue weighted by Crippen LogP contribution is -2.24. The number of alkyl halides is 1. The lowest BCUT2D eigenvalue weighted by Gasteiger charge is -2.15. The molecule has 2 N–H and O–H groups in total. The van der Waals surface area contributed by atoms with Crippen LogP contribution in [0.2, 0.25) is 0 Å². The van der Waals surface area contributed by atoms with Crippen molar-refractivity contribution >= 4 is 11.7 Å². The number of anilines is 1. The molecule has 0 amide bonds. The summed E-state index contributed by atoms with van der Waals surface area (Å²) in [6, 6.07) is 6.96. The van der Waals surface area contributed by atoms with Crippen LogP contribution in [0.1, 0.15) is 19.4 Å². The molecule has 16 heavy (non-hydrogen) atoms. The fourth-order valence-electron chi connectivity index (χ4n) is 1.23. The first-order valence-electron chi connectivity index (χ1n) is 5.10. The fraction of sp³-hybridized carbons (Fsp3) is 0.417. The second kappa shape index (κ2) is 4.96. The van der Waals surface area contributed by atoms with Gasteiger partial charge < -0.3 is 10.4 Å². The van der Waals surface area contributed by atoms with Gasteiger partial charge in [-0.2, -0.15) is 0 Å². The summed E-state index contributed by atoms with van der Waals surface area (Å²) in [5, 5.41) is 11.5. The molecule has 1 rings (SSSR count). The summed E-state index contributed by atoms with van der Waals surface area (Å²) in [4.78, 5) is 10.4. The van der Waals surface area contributed by atoms with Crippen LogP contribution in [0.15, 0.2) is 24.3 Å². The number of carboxylic acids is 1. The van der Waals surface area contributed by atoms with Crippen LogP contribution in [-0.2, 0) is 11.2 Å². The zero-order chi connectivity index (χ0) is 12.2. The minimum absolute atomic E-state index is 0.00881. The number of hydrogen-bond donors (Lipinski definition) is 2. The number of carboxylic acid groups (broad SMARTS) is 1. The van der Waals surface area contributed by atoms with Crippen LogP contribution in [0.25, 0.3) is 0 Å². The molecule has 0 spiro atoms. The van der Waals surface area contributed by atoms with Crippen LogP contribution in [0, 0.1) is 0 Å². The smallest absolute Gasteiger partial charge is 0.307 e. The molecule has 0 unspecified atom stereocenters. The van der Waals surface area contributed by atoms with E-state index in [1.807, 2.05) is 0 Å². The van der Waals surface area contributed by atoms with Crippen LogP contribution < -0.4 is 5.32 Å². The van der Waals surface area contributed by atoms with Gasteiger partial charge in [-0.25, -0.2) is 4.39 Å². The van der Waals surface area contributed by atoms with Gasteiger partial charge in [0.15, 0.2) is 0 Å². The third-order valence-electron chi connectivity index (χ3n) is 2.02. The molecule has 0 aliphatic rings. The molecule has 0 saturated heterocycles. The van der Waals surface area contributed by atoms with E-state index in [-0.39, 0.29) is 13.0 Å². The highest BCUT2D eigenvalue weighted by Crippen LogP contribution is 2.13. The van der Waals surface area contributed by atoms with Crippen molar-refractivity contribution in [1.82, 2.24) is 0 Å². The van der Waals surface area contributed by atoms with Crippen molar-refractivity contribution in [1.29, 1.82) is 0 Å². The maximum atomic E-state index is 13.2. The van der Waals surface area contributed by atoms with E-state index < -0.39 is 11.6 Å². The summed E-state index contributed by atoms with van der Waals surface area (Å²) in [5.41, 5.74) is 0.261. The van der Waals surface area contributed by atoms with E-state index >= 15 is 0 Å². The predicted octanol–water partition coefficient (Wildman–Crippen LogP) is 2.47. The number of carbonyl (C=O) groups is 1. The van der Waals surface area contributed by atoms with Gasteiger partial charge in [0.2, 0.25) is 0 Å². The highest BCUT2D eigenvalue weighted by atomic mass is 19.1. The van der Waals surface area contributed by atoms with Crippen LogP contribution in [-0.4, -0.2) is 23.3 Å². The molecule has 0 aromatic heterocycles. The van der Waals surface area contributed by atoms with E-state index in [0.717, 1.165) is 11.3 Å². The van der Waals surface area contributed by atoms with E-state index in [0.29, 0.717) is 0 Å². The Morgan fingerprint density at radius 3 is 2.38 bits per heavy atom. The molecule has 3 nitrogen and oxygen atoms in total. The summed E-state index contributed by atoms with van der Waals surface area (Å²) < 4.78 is 13.2. The van der Waals surface area contributed by atoms with Gasteiger partial charge in [-0.15, -0.1) is 0 Å². The largest absolute Gasteiger partial charge is 0.481 e. The first-order chi connectivity index (χ1) is 7.37. The molecule has 4 heteroatoms. The van der Waals surface area contributed by atoms with Gasteiger partial charge in [0.25, 0.3) is 0 Å². The predicted molar refractivity (Wildman–Crippen MR) is 61.5 cm³/mol. The standard InChI is InChI=1S/C12H16FNO2/c1-12(2,13)8-14-10-5-3-9(4-6-10)7-11(15)16/h3-6,14H,7-8H2,1-2H3,(H,15,16). The molecule has 1 aromatic carbocycles. The molecule has 0 radical (unpaired) electrons. The Hall–Kier alpha value is -1.58. The van der Waals surface area contributed by atoms with Gasteiger partial charge in [-0.1, -0.05) is 12.1 Å². The van der Waals surface area contributed by atoms with Crippen LogP contribution in [0.3, 0.4) is 0 Å². The van der Waals surface area contributed by atoms with Crippen molar-refractivity contribution in [2.45, 2.75) is 25.9 Å². The van der Waals surface area contributed by atoms with Gasteiger partial charge in [0.05, 0.1) is 6.42 Å². The number of aliphatic carboxylic acids is 1. The van der Waals surface area contributed by atoms with Crippen molar-refractivity contribution in [2.24, 2.45) is 0 Å². The SMILES string of the molecule is CC(C)(F)CNc1ccc(CC(=O)O)cc1.